The highest BCUT2D eigenvalue weighted by molar-refractivity contribution is 7.15. The number of nitrogen functional groups attached to an aromatic ring is 1. The molecule has 3 aromatic rings. The molecule has 0 aliphatic rings. The Labute approximate surface area is 145 Å². The Morgan fingerprint density at radius 2 is 1.92 bits per heavy atom. The van der Waals surface area contributed by atoms with Crippen LogP contribution < -0.4 is 16.0 Å². The fraction of sp³-hybridized carbons (Fsp3) is 0.235. The third-order valence-electron chi connectivity index (χ3n) is 3.74. The van der Waals surface area contributed by atoms with E-state index in [9.17, 15) is 0 Å². The van der Waals surface area contributed by atoms with E-state index in [0.29, 0.717) is 17.3 Å². The normalized spacial score (nSPS) is 10.6. The van der Waals surface area contributed by atoms with Crippen molar-refractivity contribution in [3.05, 3.63) is 52.8 Å². The summed E-state index contributed by atoms with van der Waals surface area (Å²) in [6.45, 7) is 4.75. The van der Waals surface area contributed by atoms with Gasteiger partial charge in [0, 0.05) is 18.5 Å². The molecule has 0 fully saturated rings. The van der Waals surface area contributed by atoms with Crippen molar-refractivity contribution in [2.24, 2.45) is 0 Å². The highest BCUT2D eigenvalue weighted by Gasteiger charge is 2.14. The van der Waals surface area contributed by atoms with E-state index >= 15 is 0 Å². The van der Waals surface area contributed by atoms with E-state index in [-0.39, 0.29) is 0 Å². The second-order valence-corrected chi connectivity index (χ2v) is 6.79. The molecule has 0 unspecified atom stereocenters. The molecule has 124 valence electrons. The minimum absolute atomic E-state index is 0.515. The number of aromatic nitrogens is 3. The van der Waals surface area contributed by atoms with E-state index in [0.717, 1.165) is 17.4 Å². The Bertz CT molecular complexity index is 811. The molecule has 0 amide bonds. The Hall–Kier alpha value is -2.67. The molecule has 7 heteroatoms. The molecular weight excluding hydrogens is 320 g/mol. The van der Waals surface area contributed by atoms with Crippen LogP contribution in [0.4, 0.5) is 22.5 Å². The summed E-state index contributed by atoms with van der Waals surface area (Å²) in [6.07, 6.45) is 1.52. The number of hydrogen-bond acceptors (Lipinski definition) is 7. The first-order valence-electron chi connectivity index (χ1n) is 7.61. The smallest absolute Gasteiger partial charge is 0.188 e. The fourth-order valence-electron chi connectivity index (χ4n) is 2.35. The van der Waals surface area contributed by atoms with Crippen molar-refractivity contribution in [1.82, 2.24) is 15.0 Å². The number of benzene rings is 1. The van der Waals surface area contributed by atoms with E-state index in [1.165, 1.54) is 16.8 Å². The van der Waals surface area contributed by atoms with Crippen molar-refractivity contribution < 1.29 is 0 Å². The first kappa shape index (κ1) is 16.2. The molecule has 0 radical (unpaired) electrons. The molecule has 6 nitrogen and oxygen atoms in total. The third-order valence-corrected chi connectivity index (χ3v) is 4.73. The maximum atomic E-state index is 6.28. The average molecular weight is 340 g/mol. The molecule has 2 heterocycles. The molecule has 0 aliphatic heterocycles. The lowest BCUT2D eigenvalue weighted by atomic mass is 10.2. The minimum atomic E-state index is 0.515. The second kappa shape index (κ2) is 6.84. The number of nitrogens with zero attached hydrogens (tertiary/aromatic N) is 4. The average Bonchev–Trinajstić information content (AvgIpc) is 2.88. The van der Waals surface area contributed by atoms with Gasteiger partial charge in [-0.15, -0.1) is 11.3 Å². The van der Waals surface area contributed by atoms with E-state index in [1.807, 2.05) is 44.0 Å². The highest BCUT2D eigenvalue weighted by atomic mass is 32.1. The molecule has 0 spiro atoms. The van der Waals surface area contributed by atoms with Gasteiger partial charge in [-0.25, -0.2) is 15.0 Å². The first-order chi connectivity index (χ1) is 11.5. The van der Waals surface area contributed by atoms with Gasteiger partial charge in [-0.1, -0.05) is 30.3 Å². The number of aryl methyl sites for hydroxylation is 2. The van der Waals surface area contributed by atoms with Crippen LogP contribution in [0.15, 0.2) is 36.7 Å². The molecule has 3 rings (SSSR count). The van der Waals surface area contributed by atoms with E-state index in [1.54, 1.807) is 11.3 Å². The van der Waals surface area contributed by atoms with Gasteiger partial charge in [-0.3, -0.25) is 0 Å². The summed E-state index contributed by atoms with van der Waals surface area (Å²) in [7, 11) is 1.97. The Kier molecular flexibility index (Phi) is 4.61. The second-order valence-electron chi connectivity index (χ2n) is 5.59. The Morgan fingerprint density at radius 3 is 2.58 bits per heavy atom. The number of thiazole rings is 1. The van der Waals surface area contributed by atoms with Crippen LogP contribution in [-0.4, -0.2) is 22.0 Å². The zero-order valence-electron chi connectivity index (χ0n) is 13.9. The SMILES string of the molecule is Cc1nc(Nc2ncnc(N(C)Cc3ccccc3)c2N)sc1C. The van der Waals surface area contributed by atoms with Crippen molar-refractivity contribution in [1.29, 1.82) is 0 Å². The maximum Gasteiger partial charge on any atom is 0.188 e. The van der Waals surface area contributed by atoms with Crippen molar-refractivity contribution in [2.45, 2.75) is 20.4 Å². The summed E-state index contributed by atoms with van der Waals surface area (Å²) >= 11 is 1.58. The molecule has 0 saturated heterocycles. The molecule has 24 heavy (non-hydrogen) atoms. The summed E-state index contributed by atoms with van der Waals surface area (Å²) in [6, 6.07) is 10.2. The van der Waals surface area contributed by atoms with E-state index in [4.69, 9.17) is 5.73 Å². The quantitative estimate of drug-likeness (QED) is 0.740. The van der Waals surface area contributed by atoms with Crippen LogP contribution in [0.25, 0.3) is 0 Å². The lowest BCUT2D eigenvalue weighted by Crippen LogP contribution is -2.20. The molecule has 0 atom stereocenters. The van der Waals surface area contributed by atoms with Crippen LogP contribution in [-0.2, 0) is 6.54 Å². The minimum Gasteiger partial charge on any atom is -0.393 e. The van der Waals surface area contributed by atoms with Gasteiger partial charge in [0.05, 0.1) is 5.69 Å². The van der Waals surface area contributed by atoms with Gasteiger partial charge in [0.1, 0.15) is 12.0 Å². The Morgan fingerprint density at radius 1 is 1.17 bits per heavy atom. The maximum absolute atomic E-state index is 6.28. The molecule has 2 aromatic heterocycles. The highest BCUT2D eigenvalue weighted by Crippen LogP contribution is 2.30. The van der Waals surface area contributed by atoms with Gasteiger partial charge in [0.25, 0.3) is 0 Å². The molecule has 0 aliphatic carbocycles. The van der Waals surface area contributed by atoms with Crippen LogP contribution in [0.3, 0.4) is 0 Å². The summed E-state index contributed by atoms with van der Waals surface area (Å²) in [5.41, 5.74) is 9.00. The third kappa shape index (κ3) is 3.46. The van der Waals surface area contributed by atoms with Gasteiger partial charge in [-0.2, -0.15) is 0 Å². The van der Waals surface area contributed by atoms with Crippen LogP contribution in [0, 0.1) is 13.8 Å². The lowest BCUT2D eigenvalue weighted by molar-refractivity contribution is 0.894. The number of anilines is 4. The molecule has 1 aromatic carbocycles. The van der Waals surface area contributed by atoms with Crippen molar-refractivity contribution >= 4 is 33.8 Å². The van der Waals surface area contributed by atoms with Gasteiger partial charge >= 0.3 is 0 Å². The standard InChI is InChI=1S/C17H20N6S/c1-11-12(2)24-17(21-11)22-15-14(18)16(20-10-19-15)23(3)9-13-7-5-4-6-8-13/h4-8,10H,9,18H2,1-3H3,(H,19,20,21,22). The summed E-state index contributed by atoms with van der Waals surface area (Å²) in [5, 5.41) is 3.98. The fourth-order valence-corrected chi connectivity index (χ4v) is 3.16. The van der Waals surface area contributed by atoms with E-state index in [2.05, 4.69) is 32.4 Å². The Balaban J connectivity index is 1.82. The number of hydrogen-bond donors (Lipinski definition) is 2. The lowest BCUT2D eigenvalue weighted by Gasteiger charge is -2.20. The number of rotatable bonds is 5. The number of nitrogens with two attached hydrogens (primary N) is 1. The van der Waals surface area contributed by atoms with Crippen molar-refractivity contribution in [2.75, 3.05) is 23.0 Å². The first-order valence-corrected chi connectivity index (χ1v) is 8.43. The predicted octanol–water partition coefficient (Wildman–Crippen LogP) is 3.51. The molecule has 0 bridgehead atoms. The zero-order chi connectivity index (χ0) is 17.1. The summed E-state index contributed by atoms with van der Waals surface area (Å²) < 4.78 is 0. The van der Waals surface area contributed by atoms with Crippen molar-refractivity contribution in [3.8, 4) is 0 Å². The predicted molar refractivity (Wildman–Crippen MR) is 99.9 cm³/mol. The van der Waals surface area contributed by atoms with Gasteiger partial charge in [0.15, 0.2) is 16.8 Å². The van der Waals surface area contributed by atoms with Crippen LogP contribution in [0.2, 0.25) is 0 Å². The summed E-state index contributed by atoms with van der Waals surface area (Å²) in [5.74, 6) is 1.27. The zero-order valence-corrected chi connectivity index (χ0v) is 14.8. The molecule has 0 saturated carbocycles. The van der Waals surface area contributed by atoms with Crippen LogP contribution in [0.1, 0.15) is 16.1 Å². The number of nitrogens with one attached hydrogen (secondary N) is 1. The van der Waals surface area contributed by atoms with Crippen molar-refractivity contribution in [3.63, 3.8) is 0 Å². The van der Waals surface area contributed by atoms with Crippen LogP contribution >= 0.6 is 11.3 Å². The topological polar surface area (TPSA) is 80.0 Å². The van der Waals surface area contributed by atoms with Gasteiger partial charge < -0.3 is 16.0 Å². The molecule has 3 N–H and O–H groups in total. The largest absolute Gasteiger partial charge is 0.393 e. The van der Waals surface area contributed by atoms with E-state index < -0.39 is 0 Å². The van der Waals surface area contributed by atoms with Gasteiger partial charge in [-0.05, 0) is 19.4 Å². The molecular formula is C17H20N6S. The summed E-state index contributed by atoms with van der Waals surface area (Å²) in [4.78, 5) is 16.2. The van der Waals surface area contributed by atoms with Crippen LogP contribution in [0.5, 0.6) is 0 Å². The monoisotopic (exact) mass is 340 g/mol. The van der Waals surface area contributed by atoms with Gasteiger partial charge in [0.2, 0.25) is 0 Å².